The zero-order valence-corrected chi connectivity index (χ0v) is 12.4. The Morgan fingerprint density at radius 3 is 2.50 bits per heavy atom. The molecule has 1 aliphatic heterocycles. The molecule has 0 unspecified atom stereocenters. The van der Waals surface area contributed by atoms with E-state index in [1.807, 2.05) is 20.8 Å². The predicted molar refractivity (Wildman–Crippen MR) is 75.1 cm³/mol. The van der Waals surface area contributed by atoms with Crippen molar-refractivity contribution in [3.8, 4) is 0 Å². The molecule has 0 radical (unpaired) electrons. The summed E-state index contributed by atoms with van der Waals surface area (Å²) in [5.74, 6) is 0. The van der Waals surface area contributed by atoms with E-state index in [1.165, 1.54) is 0 Å². The lowest BCUT2D eigenvalue weighted by atomic mass is 10.2. The summed E-state index contributed by atoms with van der Waals surface area (Å²) < 4.78 is 5.38. The van der Waals surface area contributed by atoms with Crippen LogP contribution in [-0.2, 0) is 11.3 Å². The lowest BCUT2D eigenvalue weighted by Crippen LogP contribution is -2.49. The number of nitrogens with zero attached hydrogens (tertiary/aromatic N) is 4. The molecule has 1 aliphatic rings. The fourth-order valence-corrected chi connectivity index (χ4v) is 2.06. The van der Waals surface area contributed by atoms with E-state index in [0.29, 0.717) is 13.1 Å². The third-order valence-electron chi connectivity index (χ3n) is 3.03. The van der Waals surface area contributed by atoms with Crippen LogP contribution in [0.25, 0.3) is 0 Å². The van der Waals surface area contributed by atoms with Crippen LogP contribution >= 0.6 is 0 Å². The summed E-state index contributed by atoms with van der Waals surface area (Å²) in [6.45, 7) is 9.46. The Morgan fingerprint density at radius 1 is 1.25 bits per heavy atom. The van der Waals surface area contributed by atoms with Gasteiger partial charge >= 0.3 is 6.09 Å². The van der Waals surface area contributed by atoms with Gasteiger partial charge in [-0.3, -0.25) is 14.9 Å². The third kappa shape index (κ3) is 4.45. The van der Waals surface area contributed by atoms with Gasteiger partial charge in [0, 0.05) is 51.3 Å². The average Bonchev–Trinajstić information content (AvgIpc) is 2.39. The predicted octanol–water partition coefficient (Wildman–Crippen LogP) is 1.53. The number of aromatic nitrogens is 2. The van der Waals surface area contributed by atoms with Crippen LogP contribution in [0.4, 0.5) is 4.79 Å². The number of piperazine rings is 1. The molecule has 0 atom stereocenters. The third-order valence-corrected chi connectivity index (χ3v) is 3.03. The normalized spacial score (nSPS) is 17.1. The quantitative estimate of drug-likeness (QED) is 0.821. The molecule has 6 heteroatoms. The van der Waals surface area contributed by atoms with E-state index in [2.05, 4.69) is 14.9 Å². The molecule has 1 aromatic rings. The fraction of sp³-hybridized carbons (Fsp3) is 0.643. The molecule has 1 aromatic heterocycles. The topological polar surface area (TPSA) is 58.6 Å². The highest BCUT2D eigenvalue weighted by Crippen LogP contribution is 2.12. The molecule has 0 saturated carbocycles. The molecule has 0 aliphatic carbocycles. The van der Waals surface area contributed by atoms with Crippen molar-refractivity contribution in [2.24, 2.45) is 0 Å². The van der Waals surface area contributed by atoms with Crippen molar-refractivity contribution in [1.82, 2.24) is 19.8 Å². The monoisotopic (exact) mass is 278 g/mol. The highest BCUT2D eigenvalue weighted by atomic mass is 16.6. The van der Waals surface area contributed by atoms with Crippen molar-refractivity contribution in [1.29, 1.82) is 0 Å². The number of rotatable bonds is 2. The largest absolute Gasteiger partial charge is 0.444 e. The number of amides is 1. The van der Waals surface area contributed by atoms with Gasteiger partial charge < -0.3 is 9.64 Å². The van der Waals surface area contributed by atoms with Gasteiger partial charge in [-0.15, -0.1) is 0 Å². The first kappa shape index (κ1) is 14.7. The zero-order valence-electron chi connectivity index (χ0n) is 12.4. The highest BCUT2D eigenvalue weighted by Gasteiger charge is 2.25. The Hall–Kier alpha value is -1.69. The van der Waals surface area contributed by atoms with Gasteiger partial charge in [0.15, 0.2) is 0 Å². The molecule has 6 nitrogen and oxygen atoms in total. The van der Waals surface area contributed by atoms with Crippen LogP contribution in [0.1, 0.15) is 26.5 Å². The maximum Gasteiger partial charge on any atom is 0.410 e. The van der Waals surface area contributed by atoms with Crippen molar-refractivity contribution in [2.75, 3.05) is 26.2 Å². The Balaban J connectivity index is 1.79. The zero-order chi connectivity index (χ0) is 14.6. The van der Waals surface area contributed by atoms with E-state index in [4.69, 9.17) is 4.74 Å². The van der Waals surface area contributed by atoms with E-state index >= 15 is 0 Å². The SMILES string of the molecule is CC(C)(C)OC(=O)N1CCN(Cc2cnccn2)CC1. The van der Waals surface area contributed by atoms with Gasteiger partial charge in [-0.25, -0.2) is 4.79 Å². The summed E-state index contributed by atoms with van der Waals surface area (Å²) in [6, 6.07) is 0. The van der Waals surface area contributed by atoms with Gasteiger partial charge in [-0.2, -0.15) is 0 Å². The van der Waals surface area contributed by atoms with Gasteiger partial charge in [0.2, 0.25) is 0 Å². The molecular weight excluding hydrogens is 256 g/mol. The van der Waals surface area contributed by atoms with Gasteiger partial charge in [0.05, 0.1) is 5.69 Å². The molecule has 0 aromatic carbocycles. The molecule has 0 N–H and O–H groups in total. The van der Waals surface area contributed by atoms with Gasteiger partial charge in [-0.05, 0) is 20.8 Å². The van der Waals surface area contributed by atoms with Gasteiger partial charge in [0.25, 0.3) is 0 Å². The van der Waals surface area contributed by atoms with E-state index < -0.39 is 5.60 Å². The average molecular weight is 278 g/mol. The smallest absolute Gasteiger partial charge is 0.410 e. The Labute approximate surface area is 119 Å². The number of hydrogen-bond acceptors (Lipinski definition) is 5. The number of carbonyl (C=O) groups is 1. The van der Waals surface area contributed by atoms with Crippen molar-refractivity contribution in [3.05, 3.63) is 24.3 Å². The maximum atomic E-state index is 11.9. The molecule has 0 bridgehead atoms. The van der Waals surface area contributed by atoms with E-state index in [-0.39, 0.29) is 6.09 Å². The number of carbonyl (C=O) groups excluding carboxylic acids is 1. The van der Waals surface area contributed by atoms with Crippen LogP contribution < -0.4 is 0 Å². The molecule has 2 heterocycles. The van der Waals surface area contributed by atoms with Crippen molar-refractivity contribution < 1.29 is 9.53 Å². The first-order valence-corrected chi connectivity index (χ1v) is 6.89. The summed E-state index contributed by atoms with van der Waals surface area (Å²) in [5.41, 5.74) is 0.520. The summed E-state index contributed by atoms with van der Waals surface area (Å²) in [6.07, 6.45) is 4.92. The Morgan fingerprint density at radius 2 is 1.95 bits per heavy atom. The van der Waals surface area contributed by atoms with Crippen molar-refractivity contribution in [2.45, 2.75) is 32.9 Å². The maximum absolute atomic E-state index is 11.9. The second kappa shape index (κ2) is 6.17. The van der Waals surface area contributed by atoms with Gasteiger partial charge in [0.1, 0.15) is 5.60 Å². The van der Waals surface area contributed by atoms with Crippen LogP contribution in [0.2, 0.25) is 0 Å². The minimum atomic E-state index is -0.437. The standard InChI is InChI=1S/C14H22N4O2/c1-14(2,3)20-13(19)18-8-6-17(7-9-18)11-12-10-15-4-5-16-12/h4-5,10H,6-9,11H2,1-3H3. The van der Waals surface area contributed by atoms with Crippen molar-refractivity contribution in [3.63, 3.8) is 0 Å². The molecular formula is C14H22N4O2. The number of ether oxygens (including phenoxy) is 1. The van der Waals surface area contributed by atoms with Gasteiger partial charge in [-0.1, -0.05) is 0 Å². The van der Waals surface area contributed by atoms with Crippen molar-refractivity contribution >= 4 is 6.09 Å². The summed E-state index contributed by atoms with van der Waals surface area (Å²) >= 11 is 0. The molecule has 1 amide bonds. The summed E-state index contributed by atoms with van der Waals surface area (Å²) in [5, 5.41) is 0. The van der Waals surface area contributed by atoms with Crippen LogP contribution in [0.5, 0.6) is 0 Å². The van der Waals surface area contributed by atoms with E-state index in [0.717, 1.165) is 25.3 Å². The minimum absolute atomic E-state index is 0.225. The first-order valence-electron chi connectivity index (χ1n) is 6.89. The molecule has 20 heavy (non-hydrogen) atoms. The first-order chi connectivity index (χ1) is 9.44. The minimum Gasteiger partial charge on any atom is -0.444 e. The second-order valence-electron chi connectivity index (χ2n) is 5.94. The van der Waals surface area contributed by atoms with E-state index in [1.54, 1.807) is 23.5 Å². The van der Waals surface area contributed by atoms with Crippen LogP contribution in [-0.4, -0.2) is 57.6 Å². The summed E-state index contributed by atoms with van der Waals surface area (Å²) in [7, 11) is 0. The fourth-order valence-electron chi connectivity index (χ4n) is 2.06. The molecule has 2 rings (SSSR count). The molecule has 1 fully saturated rings. The van der Waals surface area contributed by atoms with Crippen LogP contribution in [0.3, 0.4) is 0 Å². The summed E-state index contributed by atoms with van der Waals surface area (Å²) in [4.78, 5) is 24.3. The van der Waals surface area contributed by atoms with Crippen LogP contribution in [0.15, 0.2) is 18.6 Å². The van der Waals surface area contributed by atoms with E-state index in [9.17, 15) is 4.79 Å². The highest BCUT2D eigenvalue weighted by molar-refractivity contribution is 5.68. The Kier molecular flexibility index (Phi) is 4.54. The lowest BCUT2D eigenvalue weighted by Gasteiger charge is -2.35. The number of hydrogen-bond donors (Lipinski definition) is 0. The molecule has 0 spiro atoms. The molecule has 110 valence electrons. The van der Waals surface area contributed by atoms with Crippen LogP contribution in [0, 0.1) is 0 Å². The lowest BCUT2D eigenvalue weighted by molar-refractivity contribution is 0.0138. The Bertz CT molecular complexity index is 436. The molecule has 1 saturated heterocycles. The second-order valence-corrected chi connectivity index (χ2v) is 5.94.